The molecule has 0 aliphatic heterocycles. The van der Waals surface area contributed by atoms with Gasteiger partial charge in [0.1, 0.15) is 11.5 Å². The Balaban J connectivity index is 1.86. The largest absolute Gasteiger partial charge is 0.433 e. The zero-order valence-corrected chi connectivity index (χ0v) is 16.1. The molecule has 0 bridgehead atoms. The Hall–Kier alpha value is -2.58. The van der Waals surface area contributed by atoms with Crippen LogP contribution in [0.3, 0.4) is 0 Å². The van der Waals surface area contributed by atoms with Crippen molar-refractivity contribution in [1.29, 1.82) is 0 Å². The van der Waals surface area contributed by atoms with Crippen LogP contribution in [0.15, 0.2) is 36.5 Å². The number of nitrogens with one attached hydrogen (secondary N) is 1. The summed E-state index contributed by atoms with van der Waals surface area (Å²) < 4.78 is 79.7. The Morgan fingerprint density at radius 3 is 2.33 bits per heavy atom. The lowest BCUT2D eigenvalue weighted by Gasteiger charge is -2.40. The van der Waals surface area contributed by atoms with Gasteiger partial charge in [0.15, 0.2) is 0 Å². The van der Waals surface area contributed by atoms with Crippen molar-refractivity contribution in [2.24, 2.45) is 0 Å². The molecule has 1 aliphatic carbocycles. The van der Waals surface area contributed by atoms with Crippen LogP contribution in [0.1, 0.15) is 52.9 Å². The second-order valence-corrected chi connectivity index (χ2v) is 7.66. The number of nitrogens with zero attached hydrogens (tertiary/aromatic N) is 1. The first kappa shape index (κ1) is 22.1. The van der Waals surface area contributed by atoms with Crippen LogP contribution in [0, 0.1) is 12.7 Å². The summed E-state index contributed by atoms with van der Waals surface area (Å²) in [6, 6.07) is 6.06. The Labute approximate surface area is 169 Å². The molecule has 1 saturated carbocycles. The summed E-state index contributed by atoms with van der Waals surface area (Å²) >= 11 is 0. The Kier molecular flexibility index (Phi) is 5.84. The van der Waals surface area contributed by atoms with Crippen molar-refractivity contribution in [3.05, 3.63) is 64.7 Å². The van der Waals surface area contributed by atoms with Gasteiger partial charge in [-0.3, -0.25) is 9.78 Å². The van der Waals surface area contributed by atoms with Gasteiger partial charge in [0.05, 0.1) is 0 Å². The highest BCUT2D eigenvalue weighted by atomic mass is 19.4. The van der Waals surface area contributed by atoms with Crippen molar-refractivity contribution in [2.75, 3.05) is 6.54 Å². The second-order valence-electron chi connectivity index (χ2n) is 7.66. The maximum atomic E-state index is 13.8. The standard InChI is InChI=1S/C21H20F6N2O/c1-13-15(3-2-4-16(13)22)18(30)29-12-19(7-9-20(23,24)10-8-19)14-5-6-17(28-11-14)21(25,26)27/h2-6,11H,7-10,12H2,1H3,(H,29,30). The molecule has 0 unspecified atom stereocenters. The highest BCUT2D eigenvalue weighted by molar-refractivity contribution is 5.95. The third-order valence-electron chi connectivity index (χ3n) is 5.70. The Morgan fingerprint density at radius 1 is 1.10 bits per heavy atom. The molecule has 1 heterocycles. The fourth-order valence-electron chi connectivity index (χ4n) is 3.74. The number of benzene rings is 1. The minimum Gasteiger partial charge on any atom is -0.351 e. The molecular weight excluding hydrogens is 410 g/mol. The molecule has 30 heavy (non-hydrogen) atoms. The van der Waals surface area contributed by atoms with Crippen molar-refractivity contribution >= 4 is 5.91 Å². The van der Waals surface area contributed by atoms with Crippen LogP contribution in [0.5, 0.6) is 0 Å². The molecule has 1 N–H and O–H groups in total. The van der Waals surface area contributed by atoms with Gasteiger partial charge in [0, 0.05) is 36.6 Å². The van der Waals surface area contributed by atoms with E-state index in [4.69, 9.17) is 0 Å². The molecule has 0 radical (unpaired) electrons. The average molecular weight is 430 g/mol. The van der Waals surface area contributed by atoms with E-state index in [9.17, 15) is 31.1 Å². The van der Waals surface area contributed by atoms with E-state index in [0.717, 1.165) is 12.3 Å². The molecule has 1 fully saturated rings. The van der Waals surface area contributed by atoms with Gasteiger partial charge >= 0.3 is 6.18 Å². The molecule has 162 valence electrons. The molecule has 1 aromatic carbocycles. The Morgan fingerprint density at radius 2 is 1.77 bits per heavy atom. The van der Waals surface area contributed by atoms with Crippen LogP contribution in [0.2, 0.25) is 0 Å². The van der Waals surface area contributed by atoms with Crippen LogP contribution >= 0.6 is 0 Å². The maximum absolute atomic E-state index is 13.8. The summed E-state index contributed by atoms with van der Waals surface area (Å²) in [7, 11) is 0. The number of amides is 1. The number of hydrogen-bond acceptors (Lipinski definition) is 2. The number of alkyl halides is 5. The molecule has 0 spiro atoms. The van der Waals surface area contributed by atoms with E-state index < -0.39 is 47.8 Å². The van der Waals surface area contributed by atoms with E-state index in [-0.39, 0.29) is 30.5 Å². The van der Waals surface area contributed by atoms with Gasteiger partial charge in [-0.1, -0.05) is 12.1 Å². The fourth-order valence-corrected chi connectivity index (χ4v) is 3.74. The van der Waals surface area contributed by atoms with Gasteiger partial charge in [-0.2, -0.15) is 13.2 Å². The quantitative estimate of drug-likeness (QED) is 0.658. The smallest absolute Gasteiger partial charge is 0.351 e. The van der Waals surface area contributed by atoms with Gasteiger partial charge in [-0.15, -0.1) is 0 Å². The van der Waals surface area contributed by atoms with Crippen molar-refractivity contribution < 1.29 is 31.1 Å². The van der Waals surface area contributed by atoms with Crippen molar-refractivity contribution in [2.45, 2.75) is 50.1 Å². The molecule has 1 amide bonds. The summed E-state index contributed by atoms with van der Waals surface area (Å²) in [5, 5.41) is 2.65. The Bertz CT molecular complexity index is 914. The lowest BCUT2D eigenvalue weighted by atomic mass is 9.68. The molecular formula is C21H20F6N2O. The van der Waals surface area contributed by atoms with Gasteiger partial charge < -0.3 is 5.32 Å². The maximum Gasteiger partial charge on any atom is 0.433 e. The first-order chi connectivity index (χ1) is 13.9. The first-order valence-electron chi connectivity index (χ1n) is 9.38. The summed E-state index contributed by atoms with van der Waals surface area (Å²) in [6.45, 7) is 1.37. The lowest BCUT2D eigenvalue weighted by molar-refractivity contribution is -0.141. The number of aromatic nitrogens is 1. The molecule has 1 aliphatic rings. The SMILES string of the molecule is Cc1c(F)cccc1C(=O)NCC1(c2ccc(C(F)(F)F)nc2)CCC(F)(F)CC1. The predicted molar refractivity (Wildman–Crippen MR) is 97.8 cm³/mol. The number of rotatable bonds is 4. The minimum absolute atomic E-state index is 0.0323. The number of carbonyl (C=O) groups excluding carboxylic acids is 1. The third-order valence-corrected chi connectivity index (χ3v) is 5.70. The number of hydrogen-bond donors (Lipinski definition) is 1. The normalized spacial score (nSPS) is 18.1. The average Bonchev–Trinajstić information content (AvgIpc) is 2.69. The topological polar surface area (TPSA) is 42.0 Å². The van der Waals surface area contributed by atoms with Crippen LogP contribution < -0.4 is 5.32 Å². The fraction of sp³-hybridized carbons (Fsp3) is 0.429. The van der Waals surface area contributed by atoms with Crippen molar-refractivity contribution in [3.8, 4) is 0 Å². The highest BCUT2D eigenvalue weighted by Gasteiger charge is 2.45. The molecule has 2 aromatic rings. The van der Waals surface area contributed by atoms with E-state index >= 15 is 0 Å². The minimum atomic E-state index is -4.62. The van der Waals surface area contributed by atoms with Crippen LogP contribution in [0.25, 0.3) is 0 Å². The summed E-state index contributed by atoms with van der Waals surface area (Å²) in [5.41, 5.74) is -1.47. The molecule has 3 nitrogen and oxygen atoms in total. The van der Waals surface area contributed by atoms with E-state index in [0.29, 0.717) is 5.56 Å². The molecule has 9 heteroatoms. The second kappa shape index (κ2) is 7.92. The van der Waals surface area contributed by atoms with Crippen LogP contribution in [-0.4, -0.2) is 23.4 Å². The predicted octanol–water partition coefficient (Wildman–Crippen LogP) is 5.43. The number of carbonyl (C=O) groups is 1. The molecule has 0 saturated heterocycles. The molecule has 3 rings (SSSR count). The van der Waals surface area contributed by atoms with Crippen molar-refractivity contribution in [1.82, 2.24) is 10.3 Å². The van der Waals surface area contributed by atoms with Gasteiger partial charge in [0.2, 0.25) is 5.92 Å². The van der Waals surface area contributed by atoms with Gasteiger partial charge in [-0.05, 0) is 49.1 Å². The van der Waals surface area contributed by atoms with Crippen LogP contribution in [0.4, 0.5) is 26.3 Å². The van der Waals surface area contributed by atoms with E-state index in [1.54, 1.807) is 0 Å². The van der Waals surface area contributed by atoms with E-state index in [2.05, 4.69) is 10.3 Å². The van der Waals surface area contributed by atoms with Gasteiger partial charge in [-0.25, -0.2) is 13.2 Å². The summed E-state index contributed by atoms with van der Waals surface area (Å²) in [4.78, 5) is 16.0. The first-order valence-corrected chi connectivity index (χ1v) is 9.38. The van der Waals surface area contributed by atoms with E-state index in [1.807, 2.05) is 0 Å². The number of pyridine rings is 1. The number of halogens is 6. The zero-order chi connectivity index (χ0) is 22.2. The van der Waals surface area contributed by atoms with Crippen LogP contribution in [-0.2, 0) is 11.6 Å². The van der Waals surface area contributed by atoms with Gasteiger partial charge in [0.25, 0.3) is 5.91 Å². The summed E-state index contributed by atoms with van der Waals surface area (Å²) in [5.74, 6) is -4.00. The third kappa shape index (κ3) is 4.60. The summed E-state index contributed by atoms with van der Waals surface area (Å²) in [6.07, 6.45) is -4.56. The lowest BCUT2D eigenvalue weighted by Crippen LogP contribution is -2.45. The monoisotopic (exact) mass is 430 g/mol. The highest BCUT2D eigenvalue weighted by Crippen LogP contribution is 2.45. The zero-order valence-electron chi connectivity index (χ0n) is 16.1. The van der Waals surface area contributed by atoms with Crippen molar-refractivity contribution in [3.63, 3.8) is 0 Å². The van der Waals surface area contributed by atoms with E-state index in [1.165, 1.54) is 31.2 Å². The molecule has 1 aromatic heterocycles. The molecule has 0 atom stereocenters.